The van der Waals surface area contributed by atoms with Crippen LogP contribution in [0.3, 0.4) is 0 Å². The Bertz CT molecular complexity index is 963. The Kier molecular flexibility index (Phi) is 5.80. The largest absolute Gasteiger partial charge is 0.366 e. The summed E-state index contributed by atoms with van der Waals surface area (Å²) in [6, 6.07) is 12.0. The van der Waals surface area contributed by atoms with Crippen molar-refractivity contribution < 1.29 is 4.79 Å². The molecule has 0 spiro atoms. The standard InChI is InChI=1S/C19H18BrN5O/c1-2-14(8-9-21-13-26)11-22-18-10-17(15-6-4-3-5-7-15)24-19-16(20)12-23-25(18)19/h2-10,12-13,22H,11H2,1H3,(H,21,26)/b9-8-,14-2+. The number of carbonyl (C=O) groups is 1. The molecule has 7 heteroatoms. The number of nitrogens with one attached hydrogen (secondary N) is 2. The molecular formula is C19H18BrN5O. The van der Waals surface area contributed by atoms with E-state index in [4.69, 9.17) is 4.98 Å². The van der Waals surface area contributed by atoms with Crippen LogP contribution < -0.4 is 10.6 Å². The van der Waals surface area contributed by atoms with Crippen LogP contribution in [0.5, 0.6) is 0 Å². The Morgan fingerprint density at radius 1 is 1.31 bits per heavy atom. The van der Waals surface area contributed by atoms with Crippen LogP contribution in [0.1, 0.15) is 6.92 Å². The molecule has 2 aromatic heterocycles. The first kappa shape index (κ1) is 17.9. The molecule has 0 aliphatic rings. The average Bonchev–Trinajstić information content (AvgIpc) is 3.06. The maximum absolute atomic E-state index is 10.4. The minimum absolute atomic E-state index is 0.582. The predicted octanol–water partition coefficient (Wildman–Crippen LogP) is 3.78. The van der Waals surface area contributed by atoms with Crippen molar-refractivity contribution in [2.75, 3.05) is 11.9 Å². The van der Waals surface area contributed by atoms with Crippen LogP contribution in [0, 0.1) is 0 Å². The highest BCUT2D eigenvalue weighted by Gasteiger charge is 2.11. The summed E-state index contributed by atoms with van der Waals surface area (Å²) in [5.41, 5.74) is 3.67. The number of aromatic nitrogens is 3. The second kappa shape index (κ2) is 8.44. The van der Waals surface area contributed by atoms with E-state index in [1.54, 1.807) is 16.9 Å². The van der Waals surface area contributed by atoms with Crippen LogP contribution in [0.15, 0.2) is 71.0 Å². The number of fused-ring (bicyclic) bond motifs is 1. The average molecular weight is 412 g/mol. The molecule has 2 heterocycles. The highest BCUT2D eigenvalue weighted by molar-refractivity contribution is 9.10. The quantitative estimate of drug-likeness (QED) is 0.458. The van der Waals surface area contributed by atoms with Gasteiger partial charge < -0.3 is 10.6 Å². The van der Waals surface area contributed by atoms with Gasteiger partial charge in [0.25, 0.3) is 0 Å². The van der Waals surface area contributed by atoms with Gasteiger partial charge in [0.05, 0.1) is 16.4 Å². The number of allylic oxidation sites excluding steroid dienone is 1. The van der Waals surface area contributed by atoms with Crippen LogP contribution in [-0.4, -0.2) is 27.6 Å². The van der Waals surface area contributed by atoms with Crippen molar-refractivity contribution in [1.82, 2.24) is 19.9 Å². The van der Waals surface area contributed by atoms with Crippen molar-refractivity contribution in [2.45, 2.75) is 6.92 Å². The van der Waals surface area contributed by atoms with Gasteiger partial charge in [0.1, 0.15) is 5.82 Å². The molecule has 6 nitrogen and oxygen atoms in total. The Morgan fingerprint density at radius 3 is 2.85 bits per heavy atom. The zero-order valence-electron chi connectivity index (χ0n) is 14.2. The van der Waals surface area contributed by atoms with Crippen LogP contribution in [0.4, 0.5) is 5.82 Å². The third-order valence-electron chi connectivity index (χ3n) is 3.80. The van der Waals surface area contributed by atoms with Crippen molar-refractivity contribution in [3.05, 3.63) is 71.0 Å². The lowest BCUT2D eigenvalue weighted by Crippen LogP contribution is -2.10. The lowest BCUT2D eigenvalue weighted by atomic mass is 10.1. The van der Waals surface area contributed by atoms with Gasteiger partial charge in [-0.1, -0.05) is 36.4 Å². The molecule has 0 saturated carbocycles. The van der Waals surface area contributed by atoms with E-state index in [0.29, 0.717) is 13.0 Å². The summed E-state index contributed by atoms with van der Waals surface area (Å²) in [5.74, 6) is 0.829. The van der Waals surface area contributed by atoms with E-state index in [1.165, 1.54) is 0 Å². The van der Waals surface area contributed by atoms with Gasteiger partial charge in [-0.05, 0) is 34.5 Å². The lowest BCUT2D eigenvalue weighted by Gasteiger charge is -2.11. The summed E-state index contributed by atoms with van der Waals surface area (Å²) >= 11 is 3.51. The Hall–Kier alpha value is -2.93. The second-order valence-electron chi connectivity index (χ2n) is 5.46. The van der Waals surface area contributed by atoms with Gasteiger partial charge in [0.15, 0.2) is 5.65 Å². The molecular weight excluding hydrogens is 394 g/mol. The van der Waals surface area contributed by atoms with Crippen molar-refractivity contribution >= 4 is 33.8 Å². The molecule has 0 unspecified atom stereocenters. The first-order chi connectivity index (χ1) is 12.7. The zero-order chi connectivity index (χ0) is 18.4. The van der Waals surface area contributed by atoms with E-state index in [-0.39, 0.29) is 0 Å². The molecule has 0 saturated heterocycles. The fourth-order valence-corrected chi connectivity index (χ4v) is 2.81. The number of hydrogen-bond acceptors (Lipinski definition) is 4. The maximum Gasteiger partial charge on any atom is 0.211 e. The number of benzene rings is 1. The number of carbonyl (C=O) groups excluding carboxylic acids is 1. The SMILES string of the molecule is C/C=C(\C=C/NC=O)CNc1cc(-c2ccccc2)nc2c(Br)cnn12. The van der Waals surface area contributed by atoms with Crippen LogP contribution in [-0.2, 0) is 4.79 Å². The smallest absolute Gasteiger partial charge is 0.211 e. The molecule has 0 fully saturated rings. The number of anilines is 1. The van der Waals surface area contributed by atoms with E-state index < -0.39 is 0 Å². The third kappa shape index (κ3) is 4.00. The summed E-state index contributed by atoms with van der Waals surface area (Å²) in [6.45, 7) is 2.53. The molecule has 1 amide bonds. The Morgan fingerprint density at radius 2 is 2.12 bits per heavy atom. The highest BCUT2D eigenvalue weighted by Crippen LogP contribution is 2.25. The number of halogens is 1. The summed E-state index contributed by atoms with van der Waals surface area (Å²) in [7, 11) is 0. The minimum atomic E-state index is 0.582. The minimum Gasteiger partial charge on any atom is -0.366 e. The lowest BCUT2D eigenvalue weighted by molar-refractivity contribution is -0.108. The molecule has 0 aliphatic heterocycles. The van der Waals surface area contributed by atoms with E-state index in [1.807, 2.05) is 55.5 Å². The zero-order valence-corrected chi connectivity index (χ0v) is 15.8. The molecule has 0 atom stereocenters. The first-order valence-electron chi connectivity index (χ1n) is 8.08. The summed E-state index contributed by atoms with van der Waals surface area (Å²) in [4.78, 5) is 15.1. The number of amides is 1. The van der Waals surface area contributed by atoms with E-state index in [9.17, 15) is 4.79 Å². The van der Waals surface area contributed by atoms with Crippen LogP contribution >= 0.6 is 15.9 Å². The van der Waals surface area contributed by atoms with E-state index in [0.717, 1.165) is 32.8 Å². The molecule has 1 aromatic carbocycles. The number of nitrogens with zero attached hydrogens (tertiary/aromatic N) is 3. The van der Waals surface area contributed by atoms with Crippen molar-refractivity contribution in [1.29, 1.82) is 0 Å². The molecule has 3 aromatic rings. The molecule has 0 radical (unpaired) electrons. The first-order valence-corrected chi connectivity index (χ1v) is 8.87. The van der Waals surface area contributed by atoms with Crippen LogP contribution in [0.2, 0.25) is 0 Å². The molecule has 0 aliphatic carbocycles. The monoisotopic (exact) mass is 411 g/mol. The fraction of sp³-hybridized carbons (Fsp3) is 0.105. The van der Waals surface area contributed by atoms with Gasteiger partial charge in [-0.25, -0.2) is 4.98 Å². The number of hydrogen-bond donors (Lipinski definition) is 2. The summed E-state index contributed by atoms with van der Waals surface area (Å²) < 4.78 is 2.59. The normalized spacial score (nSPS) is 11.8. The topological polar surface area (TPSA) is 71.3 Å². The van der Waals surface area contributed by atoms with Crippen molar-refractivity contribution in [2.24, 2.45) is 0 Å². The highest BCUT2D eigenvalue weighted by atomic mass is 79.9. The molecule has 0 bridgehead atoms. The van der Waals surface area contributed by atoms with Gasteiger partial charge >= 0.3 is 0 Å². The van der Waals surface area contributed by atoms with Gasteiger partial charge in [0.2, 0.25) is 6.41 Å². The summed E-state index contributed by atoms with van der Waals surface area (Å²) in [5, 5.41) is 10.3. The van der Waals surface area contributed by atoms with Gasteiger partial charge in [0, 0.05) is 24.4 Å². The molecule has 132 valence electrons. The second-order valence-corrected chi connectivity index (χ2v) is 6.31. The fourth-order valence-electron chi connectivity index (χ4n) is 2.46. The maximum atomic E-state index is 10.4. The molecule has 26 heavy (non-hydrogen) atoms. The van der Waals surface area contributed by atoms with Crippen LogP contribution in [0.25, 0.3) is 16.9 Å². The van der Waals surface area contributed by atoms with Crippen molar-refractivity contribution in [3.63, 3.8) is 0 Å². The molecule has 3 rings (SSSR count). The molecule has 2 N–H and O–H groups in total. The Balaban J connectivity index is 1.93. The number of rotatable bonds is 7. The Labute approximate surface area is 159 Å². The summed E-state index contributed by atoms with van der Waals surface area (Å²) in [6.07, 6.45) is 7.79. The van der Waals surface area contributed by atoms with Gasteiger partial charge in [-0.15, -0.1) is 0 Å². The van der Waals surface area contributed by atoms with E-state index in [2.05, 4.69) is 31.7 Å². The van der Waals surface area contributed by atoms with Crippen molar-refractivity contribution in [3.8, 4) is 11.3 Å². The van der Waals surface area contributed by atoms with Gasteiger partial charge in [-0.2, -0.15) is 9.61 Å². The van der Waals surface area contributed by atoms with Gasteiger partial charge in [-0.3, -0.25) is 4.79 Å². The van der Waals surface area contributed by atoms with E-state index >= 15 is 0 Å². The third-order valence-corrected chi connectivity index (χ3v) is 4.36. The predicted molar refractivity (Wildman–Crippen MR) is 107 cm³/mol.